The molecular formula is C16H23O3P. The van der Waals surface area contributed by atoms with Crippen LogP contribution in [0.3, 0.4) is 0 Å². The van der Waals surface area contributed by atoms with Gasteiger partial charge in [0.2, 0.25) is 0 Å². The van der Waals surface area contributed by atoms with Gasteiger partial charge in [0.05, 0.1) is 12.2 Å². The molecule has 0 unspecified atom stereocenters. The summed E-state index contributed by atoms with van der Waals surface area (Å²) in [4.78, 5) is 0. The van der Waals surface area contributed by atoms with Gasteiger partial charge in [0.1, 0.15) is 0 Å². The van der Waals surface area contributed by atoms with Crippen molar-refractivity contribution in [3.05, 3.63) is 35.4 Å². The fourth-order valence-electron chi connectivity index (χ4n) is 1.59. The third-order valence-corrected chi connectivity index (χ3v) is 4.18. The third kappa shape index (κ3) is 5.92. The molecule has 0 aromatic heterocycles. The molecule has 0 N–H and O–H groups in total. The van der Waals surface area contributed by atoms with Crippen molar-refractivity contribution in [1.29, 1.82) is 0 Å². The molecule has 0 amide bonds. The summed E-state index contributed by atoms with van der Waals surface area (Å²) in [6.07, 6.45) is 0.590. The van der Waals surface area contributed by atoms with Crippen LogP contribution < -0.4 is 0 Å². The van der Waals surface area contributed by atoms with Crippen LogP contribution in [0.2, 0.25) is 0 Å². The van der Waals surface area contributed by atoms with Crippen LogP contribution in [0, 0.1) is 11.6 Å². The number of benzene rings is 1. The standard InChI is InChI=1S/C16H23O3P/c1-6-15-7-9-16(10-8-15)11-12-20(17,18-13(2)3)19-14(4)5/h7-10,13-14H,6H2,1-5H3. The minimum atomic E-state index is -3.38. The Kier molecular flexibility index (Phi) is 6.49. The molecule has 0 saturated heterocycles. The fraction of sp³-hybridized carbons (Fsp3) is 0.500. The van der Waals surface area contributed by atoms with Gasteiger partial charge in [0.15, 0.2) is 0 Å². The Morgan fingerprint density at radius 3 is 1.95 bits per heavy atom. The van der Waals surface area contributed by atoms with Crippen molar-refractivity contribution in [2.24, 2.45) is 0 Å². The predicted octanol–water partition coefficient (Wildman–Crippen LogP) is 4.60. The van der Waals surface area contributed by atoms with E-state index in [0.29, 0.717) is 0 Å². The van der Waals surface area contributed by atoms with Crippen LogP contribution in [0.15, 0.2) is 24.3 Å². The molecule has 0 aliphatic carbocycles. The lowest BCUT2D eigenvalue weighted by atomic mass is 10.1. The van der Waals surface area contributed by atoms with Crippen LogP contribution in [-0.2, 0) is 20.0 Å². The van der Waals surface area contributed by atoms with Crippen molar-refractivity contribution in [2.75, 3.05) is 0 Å². The molecule has 3 nitrogen and oxygen atoms in total. The van der Waals surface area contributed by atoms with Gasteiger partial charge in [-0.3, -0.25) is 9.05 Å². The van der Waals surface area contributed by atoms with Crippen LogP contribution in [0.5, 0.6) is 0 Å². The highest BCUT2D eigenvalue weighted by atomic mass is 31.2. The summed E-state index contributed by atoms with van der Waals surface area (Å²) in [6.45, 7) is 9.35. The van der Waals surface area contributed by atoms with Crippen LogP contribution in [0.4, 0.5) is 0 Å². The molecule has 0 aliphatic rings. The highest BCUT2D eigenvalue weighted by Crippen LogP contribution is 2.49. The molecule has 0 aliphatic heterocycles. The van der Waals surface area contributed by atoms with Gasteiger partial charge in [-0.05, 0) is 51.8 Å². The van der Waals surface area contributed by atoms with E-state index < -0.39 is 7.60 Å². The van der Waals surface area contributed by atoms with Gasteiger partial charge in [-0.15, -0.1) is 0 Å². The Morgan fingerprint density at radius 2 is 1.55 bits per heavy atom. The normalized spacial score (nSPS) is 11.6. The zero-order valence-electron chi connectivity index (χ0n) is 12.8. The lowest BCUT2D eigenvalue weighted by Gasteiger charge is -2.17. The topological polar surface area (TPSA) is 35.5 Å². The second kappa shape index (κ2) is 7.64. The van der Waals surface area contributed by atoms with Crippen molar-refractivity contribution in [3.63, 3.8) is 0 Å². The van der Waals surface area contributed by atoms with E-state index in [1.807, 2.05) is 52.0 Å². The van der Waals surface area contributed by atoms with Gasteiger partial charge in [-0.25, -0.2) is 4.57 Å². The van der Waals surface area contributed by atoms with Gasteiger partial charge in [-0.1, -0.05) is 25.0 Å². The zero-order valence-corrected chi connectivity index (χ0v) is 13.7. The monoisotopic (exact) mass is 294 g/mol. The molecule has 4 heteroatoms. The summed E-state index contributed by atoms with van der Waals surface area (Å²) in [5.41, 5.74) is 4.73. The number of hydrogen-bond donors (Lipinski definition) is 0. The first-order chi connectivity index (χ1) is 9.34. The van der Waals surface area contributed by atoms with Crippen LogP contribution in [0.1, 0.15) is 45.7 Å². The van der Waals surface area contributed by atoms with Crippen molar-refractivity contribution in [2.45, 2.75) is 53.2 Å². The molecule has 0 fully saturated rings. The maximum atomic E-state index is 12.5. The molecule has 0 radical (unpaired) electrons. The summed E-state index contributed by atoms with van der Waals surface area (Å²) >= 11 is 0. The first-order valence-electron chi connectivity index (χ1n) is 6.93. The van der Waals surface area contributed by atoms with E-state index in [1.165, 1.54) is 5.56 Å². The maximum absolute atomic E-state index is 12.5. The lowest BCUT2D eigenvalue weighted by Crippen LogP contribution is -2.06. The summed E-state index contributed by atoms with van der Waals surface area (Å²) in [6, 6.07) is 7.87. The highest BCUT2D eigenvalue weighted by molar-refractivity contribution is 7.59. The van der Waals surface area contributed by atoms with Gasteiger partial charge < -0.3 is 0 Å². The maximum Gasteiger partial charge on any atom is 0.406 e. The zero-order chi connectivity index (χ0) is 15.2. The largest absolute Gasteiger partial charge is 0.406 e. The van der Waals surface area contributed by atoms with Crippen molar-refractivity contribution >= 4 is 7.60 Å². The molecule has 0 saturated carbocycles. The van der Waals surface area contributed by atoms with Gasteiger partial charge in [0.25, 0.3) is 0 Å². The summed E-state index contributed by atoms with van der Waals surface area (Å²) in [5.74, 6) is 2.88. The Hall–Kier alpha value is -1.07. The predicted molar refractivity (Wildman–Crippen MR) is 82.7 cm³/mol. The average molecular weight is 294 g/mol. The van der Waals surface area contributed by atoms with Crippen LogP contribution >= 0.6 is 7.60 Å². The smallest absolute Gasteiger partial charge is 0.297 e. The third-order valence-electron chi connectivity index (χ3n) is 2.40. The van der Waals surface area contributed by atoms with Crippen LogP contribution in [0.25, 0.3) is 0 Å². The van der Waals surface area contributed by atoms with Crippen molar-refractivity contribution in [1.82, 2.24) is 0 Å². The Bertz CT molecular complexity index is 507. The van der Waals surface area contributed by atoms with Crippen LogP contribution in [-0.4, -0.2) is 12.2 Å². The van der Waals surface area contributed by atoms with E-state index in [9.17, 15) is 4.57 Å². The molecule has 0 spiro atoms. The molecule has 0 bridgehead atoms. The van der Waals surface area contributed by atoms with Crippen molar-refractivity contribution in [3.8, 4) is 11.6 Å². The Balaban J connectivity index is 2.94. The second-order valence-corrected chi connectivity index (χ2v) is 6.73. The number of aryl methyl sites for hydroxylation is 1. The average Bonchev–Trinajstić information content (AvgIpc) is 2.35. The van der Waals surface area contributed by atoms with Gasteiger partial charge >= 0.3 is 7.60 Å². The lowest BCUT2D eigenvalue weighted by molar-refractivity contribution is 0.151. The molecule has 0 atom stereocenters. The van der Waals surface area contributed by atoms with Crippen molar-refractivity contribution < 1.29 is 13.6 Å². The first kappa shape index (κ1) is 17.0. The molecule has 1 aromatic rings. The number of rotatable bonds is 5. The molecule has 0 heterocycles. The van der Waals surface area contributed by atoms with E-state index in [1.54, 1.807) is 0 Å². The minimum absolute atomic E-state index is 0.198. The van der Waals surface area contributed by atoms with E-state index in [0.717, 1.165) is 12.0 Å². The van der Waals surface area contributed by atoms with Gasteiger partial charge in [-0.2, -0.15) is 0 Å². The quantitative estimate of drug-likeness (QED) is 0.588. The first-order valence-corrected chi connectivity index (χ1v) is 8.48. The molecule has 1 aromatic carbocycles. The Labute approximate surface area is 122 Å². The fourth-order valence-corrected chi connectivity index (χ4v) is 3.12. The van der Waals surface area contributed by atoms with E-state index >= 15 is 0 Å². The SMILES string of the molecule is CCc1ccc(C#CP(=O)(OC(C)C)OC(C)C)cc1. The van der Waals surface area contributed by atoms with E-state index in [-0.39, 0.29) is 12.2 Å². The molecule has 20 heavy (non-hydrogen) atoms. The summed E-state index contributed by atoms with van der Waals surface area (Å²) < 4.78 is 23.3. The second-order valence-electron chi connectivity index (χ2n) is 5.09. The minimum Gasteiger partial charge on any atom is -0.297 e. The van der Waals surface area contributed by atoms with E-state index in [4.69, 9.17) is 9.05 Å². The Morgan fingerprint density at radius 1 is 1.05 bits per heavy atom. The summed E-state index contributed by atoms with van der Waals surface area (Å²) in [7, 11) is -3.38. The summed E-state index contributed by atoms with van der Waals surface area (Å²) in [5, 5.41) is 0. The highest BCUT2D eigenvalue weighted by Gasteiger charge is 2.25. The molecular weight excluding hydrogens is 271 g/mol. The van der Waals surface area contributed by atoms with Gasteiger partial charge in [0, 0.05) is 11.2 Å². The number of hydrogen-bond acceptors (Lipinski definition) is 3. The molecule has 110 valence electrons. The van der Waals surface area contributed by atoms with E-state index in [2.05, 4.69) is 18.5 Å². The molecule has 1 rings (SSSR count).